The van der Waals surface area contributed by atoms with Crippen molar-refractivity contribution in [3.05, 3.63) is 52.8 Å². The molecule has 5 nitrogen and oxygen atoms in total. The molecule has 0 saturated carbocycles. The molecule has 0 atom stereocenters. The molecular formula is C16H11F3N2O3. The number of alkyl halides is 3. The van der Waals surface area contributed by atoms with Gasteiger partial charge in [-0.15, -0.1) is 0 Å². The first-order chi connectivity index (χ1) is 11.3. The van der Waals surface area contributed by atoms with Crippen molar-refractivity contribution in [3.8, 4) is 17.6 Å². The highest BCUT2D eigenvalue weighted by atomic mass is 19.4. The maximum Gasteiger partial charge on any atom is 0.433 e. The molecule has 24 heavy (non-hydrogen) atoms. The highest BCUT2D eigenvalue weighted by Gasteiger charge is 2.33. The molecule has 2 aromatic rings. The van der Waals surface area contributed by atoms with Gasteiger partial charge in [-0.2, -0.15) is 18.4 Å². The van der Waals surface area contributed by atoms with E-state index < -0.39 is 17.8 Å². The number of nitriles is 1. The Balaban J connectivity index is 2.29. The van der Waals surface area contributed by atoms with E-state index in [1.165, 1.54) is 32.2 Å². The molecule has 124 valence electrons. The molecule has 0 saturated heterocycles. The molecule has 1 heterocycles. The van der Waals surface area contributed by atoms with Gasteiger partial charge in [-0.3, -0.25) is 0 Å². The summed E-state index contributed by atoms with van der Waals surface area (Å²) >= 11 is 0. The van der Waals surface area contributed by atoms with Crippen LogP contribution in [0, 0.1) is 18.3 Å². The second kappa shape index (κ2) is 6.58. The minimum Gasteiger partial charge on any atom is -0.493 e. The van der Waals surface area contributed by atoms with Crippen molar-refractivity contribution < 1.29 is 27.4 Å². The third kappa shape index (κ3) is 3.63. The average Bonchev–Trinajstić information content (AvgIpc) is 2.54. The Morgan fingerprint density at radius 1 is 1.21 bits per heavy atom. The molecule has 0 unspecified atom stereocenters. The van der Waals surface area contributed by atoms with Crippen LogP contribution in [-0.2, 0) is 6.18 Å². The van der Waals surface area contributed by atoms with Crippen molar-refractivity contribution in [1.29, 1.82) is 5.26 Å². The van der Waals surface area contributed by atoms with E-state index in [9.17, 15) is 18.0 Å². The first kappa shape index (κ1) is 17.3. The lowest BCUT2D eigenvalue weighted by molar-refractivity contribution is -0.141. The van der Waals surface area contributed by atoms with Gasteiger partial charge in [0.05, 0.1) is 30.0 Å². The van der Waals surface area contributed by atoms with Gasteiger partial charge in [-0.1, -0.05) is 0 Å². The monoisotopic (exact) mass is 336 g/mol. The second-order valence-electron chi connectivity index (χ2n) is 4.69. The molecule has 8 heteroatoms. The lowest BCUT2D eigenvalue weighted by Gasteiger charge is -2.11. The number of methoxy groups -OCH3 is 1. The van der Waals surface area contributed by atoms with Gasteiger partial charge in [0.1, 0.15) is 5.69 Å². The van der Waals surface area contributed by atoms with E-state index in [0.29, 0.717) is 11.6 Å². The summed E-state index contributed by atoms with van der Waals surface area (Å²) in [5.41, 5.74) is -0.997. The molecule has 1 aromatic heterocycles. The zero-order valence-corrected chi connectivity index (χ0v) is 12.6. The molecular weight excluding hydrogens is 325 g/mol. The summed E-state index contributed by atoms with van der Waals surface area (Å²) in [6, 6.07) is 7.78. The summed E-state index contributed by atoms with van der Waals surface area (Å²) in [7, 11) is 1.33. The molecule has 0 aliphatic heterocycles. The molecule has 0 spiro atoms. The van der Waals surface area contributed by atoms with Crippen LogP contribution in [0.1, 0.15) is 27.3 Å². The SMILES string of the molecule is COc1cc(C#N)ccc1OC(=O)c1ccc(C(F)(F)F)nc1C. The Kier molecular flexibility index (Phi) is 4.74. The van der Waals surface area contributed by atoms with Crippen molar-refractivity contribution in [2.75, 3.05) is 7.11 Å². The number of carbonyl (C=O) groups excluding carboxylic acids is 1. The summed E-state index contributed by atoms with van der Waals surface area (Å²) < 4.78 is 47.9. The number of aromatic nitrogens is 1. The predicted octanol–water partition coefficient (Wildman–Crippen LogP) is 3.51. The Morgan fingerprint density at radius 2 is 1.92 bits per heavy atom. The maximum absolute atomic E-state index is 12.6. The zero-order chi connectivity index (χ0) is 17.9. The largest absolute Gasteiger partial charge is 0.493 e. The fraction of sp³-hybridized carbons (Fsp3) is 0.188. The number of nitrogens with zero attached hydrogens (tertiary/aromatic N) is 2. The van der Waals surface area contributed by atoms with E-state index in [-0.39, 0.29) is 22.8 Å². The number of pyridine rings is 1. The average molecular weight is 336 g/mol. The molecule has 1 aromatic carbocycles. The van der Waals surface area contributed by atoms with Crippen LogP contribution in [-0.4, -0.2) is 18.1 Å². The van der Waals surface area contributed by atoms with Crippen LogP contribution in [0.5, 0.6) is 11.5 Å². The van der Waals surface area contributed by atoms with Gasteiger partial charge in [-0.25, -0.2) is 9.78 Å². The molecule has 0 aliphatic carbocycles. The maximum atomic E-state index is 12.6. The minimum absolute atomic E-state index is 0.0424. The molecule has 2 rings (SSSR count). The fourth-order valence-electron chi connectivity index (χ4n) is 1.91. The number of aryl methyl sites for hydroxylation is 1. The number of carbonyl (C=O) groups is 1. The van der Waals surface area contributed by atoms with Gasteiger partial charge < -0.3 is 9.47 Å². The predicted molar refractivity (Wildman–Crippen MR) is 76.6 cm³/mol. The lowest BCUT2D eigenvalue weighted by Crippen LogP contribution is -2.15. The lowest BCUT2D eigenvalue weighted by atomic mass is 10.2. The van der Waals surface area contributed by atoms with E-state index in [1.807, 2.05) is 6.07 Å². The minimum atomic E-state index is -4.59. The van der Waals surface area contributed by atoms with E-state index in [1.54, 1.807) is 0 Å². The summed E-state index contributed by atoms with van der Waals surface area (Å²) in [6.07, 6.45) is -4.59. The standard InChI is InChI=1S/C16H11F3N2O3/c1-9-11(4-6-14(21-9)16(17,18)19)15(22)24-12-5-3-10(8-20)7-13(12)23-2/h3-7H,1-2H3. The number of esters is 1. The Morgan fingerprint density at radius 3 is 2.46 bits per heavy atom. The summed E-state index contributed by atoms with van der Waals surface area (Å²) in [5, 5.41) is 8.82. The van der Waals surface area contributed by atoms with Crippen LogP contribution in [0.2, 0.25) is 0 Å². The molecule has 0 amide bonds. The molecule has 0 radical (unpaired) electrons. The smallest absolute Gasteiger partial charge is 0.433 e. The van der Waals surface area contributed by atoms with Crippen LogP contribution >= 0.6 is 0 Å². The highest BCUT2D eigenvalue weighted by molar-refractivity contribution is 5.92. The van der Waals surface area contributed by atoms with Crippen LogP contribution in [0.25, 0.3) is 0 Å². The van der Waals surface area contributed by atoms with E-state index in [2.05, 4.69) is 4.98 Å². The van der Waals surface area contributed by atoms with Crippen LogP contribution in [0.4, 0.5) is 13.2 Å². The van der Waals surface area contributed by atoms with Gasteiger partial charge >= 0.3 is 12.1 Å². The number of hydrogen-bond donors (Lipinski definition) is 0. The topological polar surface area (TPSA) is 72.2 Å². The van der Waals surface area contributed by atoms with Crippen LogP contribution < -0.4 is 9.47 Å². The number of ether oxygens (including phenoxy) is 2. The molecule has 0 bridgehead atoms. The van der Waals surface area contributed by atoms with Crippen LogP contribution in [0.15, 0.2) is 30.3 Å². The normalized spacial score (nSPS) is 10.8. The van der Waals surface area contributed by atoms with Gasteiger partial charge in [0, 0.05) is 6.07 Å². The van der Waals surface area contributed by atoms with E-state index >= 15 is 0 Å². The number of hydrogen-bond acceptors (Lipinski definition) is 5. The Labute approximate surface area is 135 Å². The number of rotatable bonds is 3. The third-order valence-electron chi connectivity index (χ3n) is 3.09. The number of benzene rings is 1. The number of halogens is 3. The van der Waals surface area contributed by atoms with E-state index in [0.717, 1.165) is 6.07 Å². The quantitative estimate of drug-likeness (QED) is 0.633. The fourth-order valence-corrected chi connectivity index (χ4v) is 1.91. The van der Waals surface area contributed by atoms with Gasteiger partial charge in [0.15, 0.2) is 11.5 Å². The van der Waals surface area contributed by atoms with Gasteiger partial charge in [0.25, 0.3) is 0 Å². The summed E-state index contributed by atoms with van der Waals surface area (Å²) in [4.78, 5) is 15.5. The van der Waals surface area contributed by atoms with Crippen molar-refractivity contribution >= 4 is 5.97 Å². The van der Waals surface area contributed by atoms with E-state index in [4.69, 9.17) is 14.7 Å². The first-order valence-corrected chi connectivity index (χ1v) is 6.61. The van der Waals surface area contributed by atoms with Crippen molar-refractivity contribution in [1.82, 2.24) is 4.98 Å². The Bertz CT molecular complexity index is 826. The summed E-state index contributed by atoms with van der Waals surface area (Å²) in [6.45, 7) is 1.28. The summed E-state index contributed by atoms with van der Waals surface area (Å²) in [5.74, 6) is -0.683. The molecule has 0 aliphatic rings. The van der Waals surface area contributed by atoms with Crippen LogP contribution in [0.3, 0.4) is 0 Å². The second-order valence-corrected chi connectivity index (χ2v) is 4.69. The van der Waals surface area contributed by atoms with Crippen molar-refractivity contribution in [2.45, 2.75) is 13.1 Å². The first-order valence-electron chi connectivity index (χ1n) is 6.61. The third-order valence-corrected chi connectivity index (χ3v) is 3.09. The van der Waals surface area contributed by atoms with Gasteiger partial charge in [0.2, 0.25) is 0 Å². The van der Waals surface area contributed by atoms with Gasteiger partial charge in [-0.05, 0) is 31.2 Å². The van der Waals surface area contributed by atoms with Crippen molar-refractivity contribution in [2.24, 2.45) is 0 Å². The van der Waals surface area contributed by atoms with Crippen molar-refractivity contribution in [3.63, 3.8) is 0 Å². The Hall–Kier alpha value is -3.08. The molecule has 0 N–H and O–H groups in total. The zero-order valence-electron chi connectivity index (χ0n) is 12.6. The highest BCUT2D eigenvalue weighted by Crippen LogP contribution is 2.30. The molecule has 0 fully saturated rings.